The molecule has 0 bridgehead atoms. The smallest absolute Gasteiger partial charge is 0.177 e. The van der Waals surface area contributed by atoms with Crippen molar-refractivity contribution in [1.82, 2.24) is 14.5 Å². The van der Waals surface area contributed by atoms with Crippen LogP contribution in [0.2, 0.25) is 0 Å². The van der Waals surface area contributed by atoms with Crippen LogP contribution in [0.4, 0.5) is 0 Å². The summed E-state index contributed by atoms with van der Waals surface area (Å²) in [5.74, 6) is 0. The first-order chi connectivity index (χ1) is 19.3. The van der Waals surface area contributed by atoms with Gasteiger partial charge in [0.2, 0.25) is 0 Å². The van der Waals surface area contributed by atoms with Gasteiger partial charge in [0, 0.05) is 33.0 Å². The first-order valence-corrected chi connectivity index (χ1v) is 12.6. The summed E-state index contributed by atoms with van der Waals surface area (Å²) in [6.07, 6.45) is 0. The molecule has 0 fully saturated rings. The minimum Gasteiger partial charge on any atom is -0.309 e. The summed E-state index contributed by atoms with van der Waals surface area (Å²) in [5.41, 5.74) is 9.00. The van der Waals surface area contributed by atoms with Crippen molar-refractivity contribution < 1.29 is 0 Å². The van der Waals surface area contributed by atoms with E-state index in [1.165, 1.54) is 21.8 Å². The van der Waals surface area contributed by atoms with Crippen LogP contribution in [0.25, 0.3) is 71.9 Å². The standard InChI is InChI=1S/C34H17N5/c35-18-28-29(19-36)38-34-27-17-16-22(25-8-5-9-26(32(25)27)33(34)37-28)20-12-14-21(15-13-20)39-30-10-3-1-6-23(30)24-7-2-4-11-31(24)39/h1-17H. The molecule has 0 spiro atoms. The predicted octanol–water partition coefficient (Wildman–Crippen LogP) is 7.78. The van der Waals surface area contributed by atoms with Crippen molar-refractivity contribution in [2.45, 2.75) is 0 Å². The number of aromatic nitrogens is 3. The zero-order valence-electron chi connectivity index (χ0n) is 20.6. The van der Waals surface area contributed by atoms with Crippen LogP contribution in [0.15, 0.2) is 103 Å². The topological polar surface area (TPSA) is 78.3 Å². The molecule has 8 rings (SSSR count). The number of para-hydroxylation sites is 2. The fourth-order valence-corrected chi connectivity index (χ4v) is 6.01. The molecule has 0 unspecified atom stereocenters. The van der Waals surface area contributed by atoms with E-state index in [2.05, 4.69) is 106 Å². The normalized spacial score (nSPS) is 11.5. The maximum Gasteiger partial charge on any atom is 0.177 e. The summed E-state index contributed by atoms with van der Waals surface area (Å²) >= 11 is 0. The lowest BCUT2D eigenvalue weighted by Crippen LogP contribution is -1.97. The molecule has 5 aromatic carbocycles. The maximum absolute atomic E-state index is 9.49. The summed E-state index contributed by atoms with van der Waals surface area (Å²) in [4.78, 5) is 9.05. The fourth-order valence-electron chi connectivity index (χ4n) is 6.01. The van der Waals surface area contributed by atoms with Crippen LogP contribution in [0.5, 0.6) is 0 Å². The van der Waals surface area contributed by atoms with Crippen LogP contribution in [0.1, 0.15) is 11.4 Å². The molecule has 0 aliphatic heterocycles. The van der Waals surface area contributed by atoms with Gasteiger partial charge in [0.05, 0.1) is 22.4 Å². The molecule has 0 saturated carbocycles. The van der Waals surface area contributed by atoms with E-state index in [9.17, 15) is 10.5 Å². The predicted molar refractivity (Wildman–Crippen MR) is 153 cm³/mol. The van der Waals surface area contributed by atoms with E-state index in [-0.39, 0.29) is 11.4 Å². The Morgan fingerprint density at radius 3 is 1.67 bits per heavy atom. The third-order valence-corrected chi connectivity index (χ3v) is 7.68. The van der Waals surface area contributed by atoms with Gasteiger partial charge in [-0.15, -0.1) is 0 Å². The number of nitriles is 2. The Morgan fingerprint density at radius 2 is 1.05 bits per heavy atom. The summed E-state index contributed by atoms with van der Waals surface area (Å²) in [5, 5.41) is 23.6. The molecular formula is C34H17N5. The van der Waals surface area contributed by atoms with Crippen molar-refractivity contribution in [3.63, 3.8) is 0 Å². The van der Waals surface area contributed by atoms with Gasteiger partial charge in [-0.3, -0.25) is 0 Å². The van der Waals surface area contributed by atoms with Crippen molar-refractivity contribution >= 4 is 32.6 Å². The number of benzene rings is 5. The van der Waals surface area contributed by atoms with Crippen molar-refractivity contribution in [1.29, 1.82) is 10.5 Å². The SMILES string of the molecule is N#Cc1nc2c(nc1C#N)-c1ccc(-c3ccc(-n4c5ccccc5c5ccccc54)cc3)c3cccc-2c13. The summed E-state index contributed by atoms with van der Waals surface area (Å²) in [6, 6.07) is 40.0. The molecular weight excluding hydrogens is 478 g/mol. The van der Waals surface area contributed by atoms with E-state index in [4.69, 9.17) is 0 Å². The van der Waals surface area contributed by atoms with Gasteiger partial charge in [-0.1, -0.05) is 78.9 Å². The molecule has 0 N–H and O–H groups in total. The monoisotopic (exact) mass is 495 g/mol. The first kappa shape index (κ1) is 21.3. The molecule has 0 atom stereocenters. The molecule has 2 heterocycles. The van der Waals surface area contributed by atoms with E-state index in [1.807, 2.05) is 24.3 Å². The molecule has 0 saturated heterocycles. The van der Waals surface area contributed by atoms with E-state index >= 15 is 0 Å². The fraction of sp³-hybridized carbons (Fsp3) is 0. The molecule has 5 nitrogen and oxygen atoms in total. The average Bonchev–Trinajstić information content (AvgIpc) is 3.50. The zero-order chi connectivity index (χ0) is 26.1. The molecule has 178 valence electrons. The molecule has 5 heteroatoms. The van der Waals surface area contributed by atoms with Gasteiger partial charge in [0.1, 0.15) is 12.1 Å². The minimum absolute atomic E-state index is 0.0573. The Morgan fingerprint density at radius 1 is 0.513 bits per heavy atom. The summed E-state index contributed by atoms with van der Waals surface area (Å²) < 4.78 is 2.31. The van der Waals surface area contributed by atoms with Gasteiger partial charge in [-0.2, -0.15) is 10.5 Å². The second kappa shape index (κ2) is 7.86. The van der Waals surface area contributed by atoms with Crippen LogP contribution >= 0.6 is 0 Å². The van der Waals surface area contributed by atoms with E-state index in [0.29, 0.717) is 11.4 Å². The lowest BCUT2D eigenvalue weighted by molar-refractivity contribution is 1.15. The maximum atomic E-state index is 9.49. The van der Waals surface area contributed by atoms with Crippen molar-refractivity contribution in [2.24, 2.45) is 0 Å². The van der Waals surface area contributed by atoms with E-state index < -0.39 is 0 Å². The molecule has 1 aliphatic carbocycles. The molecule has 1 aliphatic rings. The summed E-state index contributed by atoms with van der Waals surface area (Å²) in [7, 11) is 0. The van der Waals surface area contributed by atoms with Crippen molar-refractivity contribution in [3.8, 4) is 51.5 Å². The van der Waals surface area contributed by atoms with Crippen LogP contribution in [-0.2, 0) is 0 Å². The van der Waals surface area contributed by atoms with Gasteiger partial charge < -0.3 is 4.57 Å². The van der Waals surface area contributed by atoms with Gasteiger partial charge in [-0.05, 0) is 40.8 Å². The highest BCUT2D eigenvalue weighted by Gasteiger charge is 2.27. The minimum atomic E-state index is 0.0573. The summed E-state index contributed by atoms with van der Waals surface area (Å²) in [6.45, 7) is 0. The van der Waals surface area contributed by atoms with Crippen molar-refractivity contribution in [3.05, 3.63) is 115 Å². The Bertz CT molecular complexity index is 2140. The van der Waals surface area contributed by atoms with E-state index in [1.54, 1.807) is 0 Å². The highest BCUT2D eigenvalue weighted by molar-refractivity contribution is 6.17. The first-order valence-electron chi connectivity index (χ1n) is 12.6. The Labute approximate surface area is 223 Å². The Balaban J connectivity index is 1.29. The molecule has 2 aromatic heterocycles. The van der Waals surface area contributed by atoms with Crippen LogP contribution < -0.4 is 0 Å². The zero-order valence-corrected chi connectivity index (χ0v) is 20.6. The molecule has 0 amide bonds. The van der Waals surface area contributed by atoms with Gasteiger partial charge in [-0.25, -0.2) is 9.97 Å². The third kappa shape index (κ3) is 2.87. The highest BCUT2D eigenvalue weighted by atomic mass is 15.0. The largest absolute Gasteiger partial charge is 0.309 e. The number of rotatable bonds is 2. The van der Waals surface area contributed by atoms with Gasteiger partial charge in [0.15, 0.2) is 11.4 Å². The van der Waals surface area contributed by atoms with Gasteiger partial charge in [0.25, 0.3) is 0 Å². The third-order valence-electron chi connectivity index (χ3n) is 7.68. The van der Waals surface area contributed by atoms with E-state index in [0.717, 1.165) is 38.7 Å². The quantitative estimate of drug-likeness (QED) is 0.245. The number of hydrogen-bond acceptors (Lipinski definition) is 4. The van der Waals surface area contributed by atoms with Crippen LogP contribution in [0, 0.1) is 22.7 Å². The molecule has 0 radical (unpaired) electrons. The highest BCUT2D eigenvalue weighted by Crippen LogP contribution is 2.48. The lowest BCUT2D eigenvalue weighted by Gasteiger charge is -2.12. The molecule has 39 heavy (non-hydrogen) atoms. The van der Waals surface area contributed by atoms with Gasteiger partial charge >= 0.3 is 0 Å². The Hall–Kier alpha value is -5.78. The number of nitrogens with zero attached hydrogens (tertiary/aromatic N) is 5. The Kier molecular flexibility index (Phi) is 4.30. The van der Waals surface area contributed by atoms with Crippen LogP contribution in [-0.4, -0.2) is 14.5 Å². The average molecular weight is 496 g/mol. The number of fused-ring (bicyclic) bond motifs is 6. The lowest BCUT2D eigenvalue weighted by atomic mass is 9.94. The second-order valence-corrected chi connectivity index (χ2v) is 9.65. The van der Waals surface area contributed by atoms with Crippen LogP contribution in [0.3, 0.4) is 0 Å². The molecule has 7 aromatic rings. The number of hydrogen-bond donors (Lipinski definition) is 0. The second-order valence-electron chi connectivity index (χ2n) is 9.65. The van der Waals surface area contributed by atoms with Crippen molar-refractivity contribution in [2.75, 3.05) is 0 Å².